The third kappa shape index (κ3) is 6.84. The van der Waals surface area contributed by atoms with Crippen LogP contribution in [0.1, 0.15) is 48.8 Å². The maximum absolute atomic E-state index is 14.5. The largest absolute Gasteiger partial charge is 0.430 e. The zero-order valence-electron chi connectivity index (χ0n) is 26.6. The molecule has 1 saturated heterocycles. The van der Waals surface area contributed by atoms with Crippen LogP contribution in [0.4, 0.5) is 39.5 Å². The molecule has 0 radical (unpaired) electrons. The van der Waals surface area contributed by atoms with Crippen molar-refractivity contribution in [3.8, 4) is 0 Å². The summed E-state index contributed by atoms with van der Waals surface area (Å²) in [5.74, 6) is -5.16. The van der Waals surface area contributed by atoms with Crippen LogP contribution in [0.5, 0.6) is 0 Å². The van der Waals surface area contributed by atoms with Crippen LogP contribution in [0.3, 0.4) is 0 Å². The molecule has 0 spiro atoms. The van der Waals surface area contributed by atoms with Crippen molar-refractivity contribution in [2.24, 2.45) is 5.92 Å². The average Bonchev–Trinajstić information content (AvgIpc) is 3.53. The lowest BCUT2D eigenvalue weighted by atomic mass is 9.87. The number of amides is 1. The number of piperidine rings is 1. The highest BCUT2D eigenvalue weighted by Gasteiger charge is 2.73. The van der Waals surface area contributed by atoms with Crippen LogP contribution in [-0.2, 0) is 36.3 Å². The number of nitrogens with zero attached hydrogens (tertiary/aromatic N) is 1. The highest BCUT2D eigenvalue weighted by Crippen LogP contribution is 2.55. The first-order valence-corrected chi connectivity index (χ1v) is 17.1. The molecule has 2 N–H and O–H groups in total. The standard InChI is InChI=1S/C34H32F9NO6S/c35-24-8-10-25(11-9-24)51(48,49)31(13-12-21(18-31)29(46)44-16-14-30(47,20-45)15-17-44)22-4-6-23(7-5-22)32(33(38,39)40,34(41,42)43)50-19-26-27(36)2-1-3-28(26)37/h1-11,21,45,47H,12-20H2. The van der Waals surface area contributed by atoms with Gasteiger partial charge in [-0.05, 0) is 74.1 Å². The minimum absolute atomic E-state index is 0.0343. The molecule has 2 atom stereocenters. The number of halogens is 9. The van der Waals surface area contributed by atoms with Crippen molar-refractivity contribution in [3.05, 3.63) is 101 Å². The molecule has 1 aliphatic heterocycles. The summed E-state index contributed by atoms with van der Waals surface area (Å²) in [7, 11) is -4.62. The van der Waals surface area contributed by atoms with E-state index in [9.17, 15) is 62.9 Å². The smallest absolute Gasteiger partial charge is 0.393 e. The Morgan fingerprint density at radius 3 is 1.90 bits per heavy atom. The summed E-state index contributed by atoms with van der Waals surface area (Å²) in [6.45, 7) is -2.25. The quantitative estimate of drug-likeness (QED) is 0.192. The highest BCUT2D eigenvalue weighted by molar-refractivity contribution is 7.92. The maximum Gasteiger partial charge on any atom is 0.430 e. The molecule has 2 unspecified atom stereocenters. The molecule has 2 aliphatic rings. The van der Waals surface area contributed by atoms with Gasteiger partial charge in [0.1, 0.15) is 22.2 Å². The van der Waals surface area contributed by atoms with E-state index < -0.39 is 103 Å². The van der Waals surface area contributed by atoms with Crippen LogP contribution in [-0.4, -0.2) is 67.1 Å². The first kappa shape index (κ1) is 38.6. The number of carbonyl (C=O) groups excluding carboxylic acids is 1. The predicted molar refractivity (Wildman–Crippen MR) is 162 cm³/mol. The van der Waals surface area contributed by atoms with Crippen molar-refractivity contribution < 1.29 is 67.7 Å². The van der Waals surface area contributed by atoms with Crippen LogP contribution < -0.4 is 0 Å². The van der Waals surface area contributed by atoms with Gasteiger partial charge in [-0.25, -0.2) is 21.6 Å². The third-order valence-electron chi connectivity index (χ3n) is 9.87. The molecule has 1 amide bonds. The van der Waals surface area contributed by atoms with E-state index in [4.69, 9.17) is 0 Å². The molecule has 0 aromatic heterocycles. The summed E-state index contributed by atoms with van der Waals surface area (Å²) < 4.78 is 160. The number of likely N-dealkylation sites (tertiary alicyclic amines) is 1. The number of aliphatic hydroxyl groups is 2. The number of alkyl halides is 6. The number of carbonyl (C=O) groups is 1. The topological polar surface area (TPSA) is 104 Å². The summed E-state index contributed by atoms with van der Waals surface area (Å²) in [5, 5.41) is 19.8. The van der Waals surface area contributed by atoms with E-state index in [1.165, 1.54) is 4.90 Å². The van der Waals surface area contributed by atoms with Crippen LogP contribution in [0.2, 0.25) is 0 Å². The molecule has 1 saturated carbocycles. The summed E-state index contributed by atoms with van der Waals surface area (Å²) >= 11 is 0. The molecule has 5 rings (SSSR count). The Kier molecular flexibility index (Phi) is 10.4. The van der Waals surface area contributed by atoms with Crippen LogP contribution in [0.15, 0.2) is 71.6 Å². The number of hydrogen-bond acceptors (Lipinski definition) is 6. The minimum atomic E-state index is -6.24. The Hall–Kier alpha value is -3.67. The SMILES string of the molecule is O=C(C1CCC(c2ccc(C(OCc3c(F)cccc3F)(C(F)(F)F)C(F)(F)F)cc2)(S(=O)(=O)c2ccc(F)cc2)C1)N1CCC(O)(CO)CC1. The van der Waals surface area contributed by atoms with Crippen molar-refractivity contribution >= 4 is 15.7 Å². The first-order chi connectivity index (χ1) is 23.7. The van der Waals surface area contributed by atoms with Crippen molar-refractivity contribution in [1.82, 2.24) is 4.90 Å². The van der Waals surface area contributed by atoms with Gasteiger partial charge in [0.2, 0.25) is 5.91 Å². The molecule has 7 nitrogen and oxygen atoms in total. The van der Waals surface area contributed by atoms with Crippen molar-refractivity contribution in [3.63, 3.8) is 0 Å². The normalized spacial score (nSPS) is 21.5. The van der Waals surface area contributed by atoms with E-state index >= 15 is 0 Å². The molecule has 1 heterocycles. The third-order valence-corrected chi connectivity index (χ3v) is 12.4. The highest BCUT2D eigenvalue weighted by atomic mass is 32.2. The summed E-state index contributed by atoms with van der Waals surface area (Å²) in [5.41, 5.74) is -9.54. The van der Waals surface area contributed by atoms with E-state index in [2.05, 4.69) is 4.74 Å². The van der Waals surface area contributed by atoms with E-state index in [1.807, 2.05) is 0 Å². The summed E-state index contributed by atoms with van der Waals surface area (Å²) in [4.78, 5) is 14.6. The Labute approximate surface area is 286 Å². The van der Waals surface area contributed by atoms with Gasteiger partial charge in [0, 0.05) is 30.1 Å². The second-order valence-corrected chi connectivity index (χ2v) is 15.1. The molecule has 3 aromatic rings. The van der Waals surface area contributed by atoms with Crippen LogP contribution >= 0.6 is 0 Å². The lowest BCUT2D eigenvalue weighted by Crippen LogP contribution is -2.56. The lowest BCUT2D eigenvalue weighted by Gasteiger charge is -2.38. The lowest BCUT2D eigenvalue weighted by molar-refractivity contribution is -0.392. The molecular formula is C34H32F9NO6S. The fourth-order valence-corrected chi connectivity index (χ4v) is 9.07. The molecular weight excluding hydrogens is 721 g/mol. The van der Waals surface area contributed by atoms with Gasteiger partial charge in [-0.15, -0.1) is 0 Å². The molecule has 0 bridgehead atoms. The molecule has 3 aromatic carbocycles. The molecule has 2 fully saturated rings. The van der Waals surface area contributed by atoms with E-state index in [-0.39, 0.29) is 44.3 Å². The molecule has 17 heteroatoms. The fraction of sp³-hybridized carbons (Fsp3) is 0.441. The number of benzene rings is 3. The first-order valence-electron chi connectivity index (χ1n) is 15.6. The van der Waals surface area contributed by atoms with E-state index in [0.29, 0.717) is 24.3 Å². The summed E-state index contributed by atoms with van der Waals surface area (Å²) in [6, 6.07) is 7.93. The van der Waals surface area contributed by atoms with Gasteiger partial charge in [-0.3, -0.25) is 4.79 Å². The van der Waals surface area contributed by atoms with Gasteiger partial charge in [0.15, 0.2) is 9.84 Å². The fourth-order valence-electron chi connectivity index (χ4n) is 6.88. The van der Waals surface area contributed by atoms with E-state index in [1.54, 1.807) is 0 Å². The van der Waals surface area contributed by atoms with Crippen LogP contribution in [0, 0.1) is 23.4 Å². The Bertz CT molecular complexity index is 1810. The monoisotopic (exact) mass is 753 g/mol. The van der Waals surface area contributed by atoms with Gasteiger partial charge in [-0.2, -0.15) is 26.3 Å². The Morgan fingerprint density at radius 2 is 1.39 bits per heavy atom. The zero-order valence-corrected chi connectivity index (χ0v) is 27.4. The number of hydrogen-bond donors (Lipinski definition) is 2. The van der Waals surface area contributed by atoms with Crippen molar-refractivity contribution in [1.29, 1.82) is 0 Å². The number of sulfone groups is 1. The van der Waals surface area contributed by atoms with Crippen LogP contribution in [0.25, 0.3) is 0 Å². The average molecular weight is 754 g/mol. The van der Waals surface area contributed by atoms with Gasteiger partial charge in [-0.1, -0.05) is 30.3 Å². The van der Waals surface area contributed by atoms with Gasteiger partial charge in [0.05, 0.1) is 23.7 Å². The minimum Gasteiger partial charge on any atom is -0.393 e. The van der Waals surface area contributed by atoms with Crippen molar-refractivity contribution in [2.45, 2.75) is 71.9 Å². The van der Waals surface area contributed by atoms with E-state index in [0.717, 1.165) is 42.5 Å². The Balaban J connectivity index is 1.57. The number of aliphatic hydroxyl groups excluding tert-OH is 1. The second kappa shape index (κ2) is 13.7. The predicted octanol–water partition coefficient (Wildman–Crippen LogP) is 6.46. The molecule has 278 valence electrons. The molecule has 1 aliphatic carbocycles. The van der Waals surface area contributed by atoms with Gasteiger partial charge in [0.25, 0.3) is 5.60 Å². The van der Waals surface area contributed by atoms with Gasteiger partial charge < -0.3 is 19.8 Å². The van der Waals surface area contributed by atoms with Gasteiger partial charge >= 0.3 is 12.4 Å². The maximum atomic E-state index is 14.5. The van der Waals surface area contributed by atoms with Crippen molar-refractivity contribution in [2.75, 3.05) is 19.7 Å². The zero-order chi connectivity index (χ0) is 37.6. The summed E-state index contributed by atoms with van der Waals surface area (Å²) in [6.07, 6.45) is -13.2. The molecule has 51 heavy (non-hydrogen) atoms. The Morgan fingerprint density at radius 1 is 0.843 bits per heavy atom. The second-order valence-electron chi connectivity index (χ2n) is 12.8. The number of ether oxygens (including phenoxy) is 1. The number of rotatable bonds is 9.